The van der Waals surface area contributed by atoms with Gasteiger partial charge in [-0.2, -0.15) is 4.98 Å². The van der Waals surface area contributed by atoms with Crippen molar-refractivity contribution in [2.75, 3.05) is 24.3 Å². The summed E-state index contributed by atoms with van der Waals surface area (Å²) in [6.45, 7) is 0. The number of anilines is 2. The van der Waals surface area contributed by atoms with Crippen LogP contribution < -0.4 is 16.0 Å². The Hall–Kier alpha value is -1.88. The Bertz CT molecular complexity index is 610. The first-order chi connectivity index (χ1) is 9.63. The summed E-state index contributed by atoms with van der Waals surface area (Å²) in [5.41, 5.74) is 6.93. The fourth-order valence-electron chi connectivity index (χ4n) is 2.80. The maximum absolute atomic E-state index is 5.96. The van der Waals surface area contributed by atoms with Crippen LogP contribution in [0.25, 0.3) is 10.9 Å². The highest BCUT2D eigenvalue weighted by Crippen LogP contribution is 2.26. The molecule has 2 atom stereocenters. The van der Waals surface area contributed by atoms with Gasteiger partial charge in [-0.3, -0.25) is 0 Å². The third-order valence-corrected chi connectivity index (χ3v) is 3.81. The van der Waals surface area contributed by atoms with Crippen LogP contribution in [-0.2, 0) is 0 Å². The normalized spacial score (nSPS) is 22.1. The lowest BCUT2D eigenvalue weighted by atomic mass is 10.2. The monoisotopic (exact) mass is 271 g/mol. The van der Waals surface area contributed by atoms with Crippen LogP contribution in [0.15, 0.2) is 24.3 Å². The van der Waals surface area contributed by atoms with Crippen LogP contribution in [0.5, 0.6) is 0 Å². The predicted molar refractivity (Wildman–Crippen MR) is 83.1 cm³/mol. The largest absolute Gasteiger partial charge is 0.362 e. The first-order valence-electron chi connectivity index (χ1n) is 7.09. The van der Waals surface area contributed by atoms with E-state index in [4.69, 9.17) is 5.73 Å². The van der Waals surface area contributed by atoms with E-state index in [1.807, 2.05) is 37.2 Å². The van der Waals surface area contributed by atoms with Gasteiger partial charge in [0.1, 0.15) is 5.82 Å². The molecule has 20 heavy (non-hydrogen) atoms. The number of nitrogens with zero attached hydrogens (tertiary/aromatic N) is 3. The van der Waals surface area contributed by atoms with E-state index in [0.717, 1.165) is 36.0 Å². The third-order valence-electron chi connectivity index (χ3n) is 3.81. The van der Waals surface area contributed by atoms with Crippen molar-refractivity contribution >= 4 is 22.7 Å². The molecule has 1 heterocycles. The molecule has 0 unspecified atom stereocenters. The summed E-state index contributed by atoms with van der Waals surface area (Å²) in [7, 11) is 4.01. The summed E-state index contributed by atoms with van der Waals surface area (Å²) >= 11 is 0. The molecule has 5 nitrogen and oxygen atoms in total. The van der Waals surface area contributed by atoms with Gasteiger partial charge in [0, 0.05) is 31.6 Å². The van der Waals surface area contributed by atoms with Crippen LogP contribution >= 0.6 is 0 Å². The Labute approximate surface area is 119 Å². The first-order valence-corrected chi connectivity index (χ1v) is 7.09. The van der Waals surface area contributed by atoms with Crippen LogP contribution in [-0.4, -0.2) is 36.1 Å². The fraction of sp³-hybridized carbons (Fsp3) is 0.467. The molecule has 1 aromatic carbocycles. The molecule has 1 fully saturated rings. The van der Waals surface area contributed by atoms with Crippen molar-refractivity contribution in [1.82, 2.24) is 9.97 Å². The van der Waals surface area contributed by atoms with Gasteiger partial charge >= 0.3 is 0 Å². The predicted octanol–water partition coefficient (Wildman–Crippen LogP) is 1.99. The number of hydrogen-bond acceptors (Lipinski definition) is 5. The number of rotatable bonds is 3. The van der Waals surface area contributed by atoms with E-state index in [-0.39, 0.29) is 0 Å². The van der Waals surface area contributed by atoms with Crippen LogP contribution in [0.2, 0.25) is 0 Å². The molecule has 0 radical (unpaired) electrons. The standard InChI is InChI=1S/C15H21N5/c1-20(2)14-12-5-3-4-6-13(12)18-15(19-14)17-11-8-7-10(16)9-11/h3-6,10-11H,7-9,16H2,1-2H3,(H,17,18,19)/t10-,11+/m1/s1. The van der Waals surface area contributed by atoms with Crippen LogP contribution in [0.4, 0.5) is 11.8 Å². The molecule has 0 aliphatic heterocycles. The number of fused-ring (bicyclic) bond motifs is 1. The summed E-state index contributed by atoms with van der Waals surface area (Å²) in [6, 6.07) is 8.80. The smallest absolute Gasteiger partial charge is 0.225 e. The van der Waals surface area contributed by atoms with E-state index in [2.05, 4.69) is 21.4 Å². The van der Waals surface area contributed by atoms with E-state index in [1.165, 1.54) is 0 Å². The maximum atomic E-state index is 5.96. The lowest BCUT2D eigenvalue weighted by molar-refractivity contribution is 0.685. The Morgan fingerprint density at radius 3 is 2.70 bits per heavy atom. The van der Waals surface area contributed by atoms with Crippen molar-refractivity contribution < 1.29 is 0 Å². The minimum atomic E-state index is 0.307. The summed E-state index contributed by atoms with van der Waals surface area (Å²) in [5.74, 6) is 1.65. The Kier molecular flexibility index (Phi) is 3.44. The Balaban J connectivity index is 1.95. The summed E-state index contributed by atoms with van der Waals surface area (Å²) in [5, 5.41) is 4.50. The Morgan fingerprint density at radius 2 is 2.00 bits per heavy atom. The third kappa shape index (κ3) is 2.54. The fourth-order valence-corrected chi connectivity index (χ4v) is 2.80. The van der Waals surface area contributed by atoms with Gasteiger partial charge in [-0.1, -0.05) is 12.1 Å². The SMILES string of the molecule is CN(C)c1nc(N[C@H]2CC[C@@H](N)C2)nc2ccccc12. The number of nitrogens with two attached hydrogens (primary N) is 1. The van der Waals surface area contributed by atoms with Crippen molar-refractivity contribution in [1.29, 1.82) is 0 Å². The molecule has 5 heteroatoms. The molecule has 1 saturated carbocycles. The summed E-state index contributed by atoms with van der Waals surface area (Å²) in [4.78, 5) is 11.3. The molecule has 0 spiro atoms. The molecule has 3 N–H and O–H groups in total. The minimum Gasteiger partial charge on any atom is -0.362 e. The summed E-state index contributed by atoms with van der Waals surface area (Å²) < 4.78 is 0. The summed E-state index contributed by atoms with van der Waals surface area (Å²) in [6.07, 6.45) is 3.16. The van der Waals surface area contributed by atoms with Crippen LogP contribution in [0.3, 0.4) is 0 Å². The van der Waals surface area contributed by atoms with E-state index >= 15 is 0 Å². The zero-order chi connectivity index (χ0) is 14.1. The molecule has 1 aliphatic rings. The van der Waals surface area contributed by atoms with E-state index in [0.29, 0.717) is 18.0 Å². The van der Waals surface area contributed by atoms with E-state index in [1.54, 1.807) is 0 Å². The number of nitrogens with one attached hydrogen (secondary N) is 1. The molecule has 1 aromatic heterocycles. The molecule has 0 bridgehead atoms. The van der Waals surface area contributed by atoms with Crippen molar-refractivity contribution in [2.45, 2.75) is 31.3 Å². The lowest BCUT2D eigenvalue weighted by Gasteiger charge is -2.18. The van der Waals surface area contributed by atoms with E-state index in [9.17, 15) is 0 Å². The quantitative estimate of drug-likeness (QED) is 0.893. The van der Waals surface area contributed by atoms with Crippen molar-refractivity contribution in [3.63, 3.8) is 0 Å². The van der Waals surface area contributed by atoms with Gasteiger partial charge < -0.3 is 16.0 Å². The zero-order valence-electron chi connectivity index (χ0n) is 12.0. The average molecular weight is 271 g/mol. The molecule has 0 amide bonds. The van der Waals surface area contributed by atoms with Gasteiger partial charge in [0.15, 0.2) is 0 Å². The maximum Gasteiger partial charge on any atom is 0.225 e. The molecule has 2 aromatic rings. The second-order valence-corrected chi connectivity index (χ2v) is 5.70. The number of hydrogen-bond donors (Lipinski definition) is 2. The molecule has 106 valence electrons. The van der Waals surface area contributed by atoms with Gasteiger partial charge in [-0.05, 0) is 31.4 Å². The van der Waals surface area contributed by atoms with Crippen LogP contribution in [0, 0.1) is 0 Å². The van der Waals surface area contributed by atoms with Crippen molar-refractivity contribution in [3.8, 4) is 0 Å². The second-order valence-electron chi connectivity index (χ2n) is 5.70. The number of aromatic nitrogens is 2. The molecule has 3 rings (SSSR count). The molecular weight excluding hydrogens is 250 g/mol. The average Bonchev–Trinajstić information content (AvgIpc) is 2.83. The van der Waals surface area contributed by atoms with Gasteiger partial charge in [0.05, 0.1) is 5.52 Å². The van der Waals surface area contributed by atoms with Gasteiger partial charge in [-0.15, -0.1) is 0 Å². The Morgan fingerprint density at radius 1 is 1.20 bits per heavy atom. The van der Waals surface area contributed by atoms with Crippen molar-refractivity contribution in [3.05, 3.63) is 24.3 Å². The number of para-hydroxylation sites is 1. The van der Waals surface area contributed by atoms with E-state index < -0.39 is 0 Å². The topological polar surface area (TPSA) is 67.1 Å². The van der Waals surface area contributed by atoms with Gasteiger partial charge in [0.2, 0.25) is 5.95 Å². The highest BCUT2D eigenvalue weighted by Gasteiger charge is 2.22. The molecule has 1 aliphatic carbocycles. The minimum absolute atomic E-state index is 0.307. The lowest BCUT2D eigenvalue weighted by Crippen LogP contribution is -2.22. The van der Waals surface area contributed by atoms with Crippen molar-refractivity contribution in [2.24, 2.45) is 5.73 Å². The highest BCUT2D eigenvalue weighted by atomic mass is 15.2. The van der Waals surface area contributed by atoms with Gasteiger partial charge in [-0.25, -0.2) is 4.98 Å². The zero-order valence-corrected chi connectivity index (χ0v) is 12.0. The number of benzene rings is 1. The highest BCUT2D eigenvalue weighted by molar-refractivity contribution is 5.90. The van der Waals surface area contributed by atoms with Crippen LogP contribution in [0.1, 0.15) is 19.3 Å². The first kappa shape index (κ1) is 13.1. The molecular formula is C15H21N5. The molecule has 0 saturated heterocycles. The van der Waals surface area contributed by atoms with Gasteiger partial charge in [0.25, 0.3) is 0 Å². The second kappa shape index (κ2) is 5.25.